The molecule has 2 heterocycles. The minimum atomic E-state index is -0.437. The van der Waals surface area contributed by atoms with E-state index in [1.165, 1.54) is 17.8 Å². The minimum Gasteiger partial charge on any atom is -0.329 e. The quantitative estimate of drug-likeness (QED) is 0.816. The molecule has 0 bridgehead atoms. The van der Waals surface area contributed by atoms with E-state index in [2.05, 4.69) is 20.4 Å². The van der Waals surface area contributed by atoms with Crippen LogP contribution in [0.2, 0.25) is 0 Å². The fourth-order valence-electron chi connectivity index (χ4n) is 5.88. The molecule has 0 radical (unpaired) electrons. The zero-order valence-corrected chi connectivity index (χ0v) is 17.3. The lowest BCUT2D eigenvalue weighted by atomic mass is 9.64. The fraction of sp³-hybridized carbons (Fsp3) is 0.545. The summed E-state index contributed by atoms with van der Waals surface area (Å²) in [5, 5.41) is 11.4. The van der Waals surface area contributed by atoms with Crippen LogP contribution in [0.15, 0.2) is 29.8 Å². The minimum absolute atomic E-state index is 0.0633. The summed E-state index contributed by atoms with van der Waals surface area (Å²) in [5.41, 5.74) is 2.74. The van der Waals surface area contributed by atoms with Crippen molar-refractivity contribution in [3.05, 3.63) is 40.9 Å². The molecule has 7 heteroatoms. The van der Waals surface area contributed by atoms with Crippen LogP contribution in [0.1, 0.15) is 79.6 Å². The lowest BCUT2D eigenvalue weighted by Gasteiger charge is -2.55. The Balaban J connectivity index is 1.64. The molecule has 29 heavy (non-hydrogen) atoms. The maximum Gasteiger partial charge on any atom is 0.254 e. The predicted molar refractivity (Wildman–Crippen MR) is 112 cm³/mol. The average Bonchev–Trinajstić information content (AvgIpc) is 3.43. The largest absolute Gasteiger partial charge is 0.329 e. The molecule has 3 aliphatic rings. The molecule has 2 fully saturated rings. The summed E-state index contributed by atoms with van der Waals surface area (Å²) in [6, 6.07) is 7.95. The van der Waals surface area contributed by atoms with Crippen LogP contribution in [0.5, 0.6) is 0 Å². The number of anilines is 1. The van der Waals surface area contributed by atoms with Gasteiger partial charge in [-0.2, -0.15) is 0 Å². The first kappa shape index (κ1) is 18.7. The van der Waals surface area contributed by atoms with Crippen LogP contribution in [0.25, 0.3) is 0 Å². The molecule has 1 aliphatic heterocycles. The Kier molecular flexibility index (Phi) is 4.86. The summed E-state index contributed by atoms with van der Waals surface area (Å²) in [6.45, 7) is 0. The highest BCUT2D eigenvalue weighted by Crippen LogP contribution is 2.51. The Morgan fingerprint density at radius 1 is 1.10 bits per heavy atom. The summed E-state index contributed by atoms with van der Waals surface area (Å²) in [6.07, 6.45) is 9.46. The molecule has 2 saturated carbocycles. The number of nitrogens with zero attached hydrogens (tertiary/aromatic N) is 3. The summed E-state index contributed by atoms with van der Waals surface area (Å²) in [4.78, 5) is 29.6. The Morgan fingerprint density at radius 3 is 2.59 bits per heavy atom. The van der Waals surface area contributed by atoms with E-state index in [1.54, 1.807) is 5.51 Å². The monoisotopic (exact) mass is 410 g/mol. The second-order valence-corrected chi connectivity index (χ2v) is 9.36. The van der Waals surface area contributed by atoms with Crippen molar-refractivity contribution in [3.8, 4) is 0 Å². The lowest BCUT2D eigenvalue weighted by molar-refractivity contribution is -0.123. The van der Waals surface area contributed by atoms with Crippen molar-refractivity contribution in [1.82, 2.24) is 15.1 Å². The molecule has 2 aliphatic carbocycles. The number of carbonyl (C=O) groups excluding carboxylic acids is 2. The number of rotatable bonds is 3. The molecule has 0 unspecified atom stereocenters. The maximum atomic E-state index is 13.7. The van der Waals surface area contributed by atoms with E-state index in [4.69, 9.17) is 0 Å². The Bertz CT molecular complexity index is 901. The van der Waals surface area contributed by atoms with Gasteiger partial charge in [-0.3, -0.25) is 14.9 Å². The first-order valence-electron chi connectivity index (χ1n) is 10.7. The molecule has 1 aromatic carbocycles. The maximum absolute atomic E-state index is 13.7. The van der Waals surface area contributed by atoms with Crippen molar-refractivity contribution in [2.24, 2.45) is 0 Å². The third kappa shape index (κ3) is 3.06. The molecule has 6 nitrogen and oxygen atoms in total. The molecule has 152 valence electrons. The number of fused-ring (bicyclic) bond motifs is 1. The molecule has 1 atom stereocenters. The molecular formula is C22H26N4O2S. The zero-order valence-electron chi connectivity index (χ0n) is 16.5. The number of hydrogen-bond acceptors (Lipinski definition) is 5. The topological polar surface area (TPSA) is 75.2 Å². The SMILES string of the molecule is O=C(Nc1nncs1)[C@@H]1c2ccccc2C(=O)N(C2CCCC2)C12CCCCC2. The van der Waals surface area contributed by atoms with E-state index in [0.29, 0.717) is 10.7 Å². The van der Waals surface area contributed by atoms with Crippen LogP contribution in [-0.4, -0.2) is 38.5 Å². The van der Waals surface area contributed by atoms with Crippen molar-refractivity contribution in [2.75, 3.05) is 5.32 Å². The average molecular weight is 411 g/mol. The van der Waals surface area contributed by atoms with Gasteiger partial charge >= 0.3 is 0 Å². The Hall–Kier alpha value is -2.28. The second kappa shape index (κ2) is 7.52. The third-order valence-corrected chi connectivity index (χ3v) is 7.61. The van der Waals surface area contributed by atoms with Gasteiger partial charge in [0.2, 0.25) is 11.0 Å². The van der Waals surface area contributed by atoms with Crippen molar-refractivity contribution >= 4 is 28.3 Å². The van der Waals surface area contributed by atoms with Gasteiger partial charge in [0.1, 0.15) is 5.51 Å². The van der Waals surface area contributed by atoms with Gasteiger partial charge < -0.3 is 4.90 Å². The summed E-state index contributed by atoms with van der Waals surface area (Å²) in [7, 11) is 0. The smallest absolute Gasteiger partial charge is 0.254 e. The standard InChI is InChI=1S/C22H26N4O2S/c27-19(24-21-25-23-14-29-21)18-16-10-4-5-11-17(16)20(28)26(15-8-2-3-9-15)22(18)12-6-1-7-13-22/h4-5,10-11,14-15,18H,1-3,6-9,12-13H2,(H,24,25,27)/t18-/m0/s1. The lowest BCUT2D eigenvalue weighted by Crippen LogP contribution is -2.64. The van der Waals surface area contributed by atoms with Crippen LogP contribution in [-0.2, 0) is 4.79 Å². The number of benzene rings is 1. The molecule has 0 saturated heterocycles. The Labute approximate surface area is 174 Å². The molecule has 2 amide bonds. The van der Waals surface area contributed by atoms with Crippen LogP contribution in [0.4, 0.5) is 5.13 Å². The first-order chi connectivity index (χ1) is 14.2. The van der Waals surface area contributed by atoms with E-state index >= 15 is 0 Å². The number of carbonyl (C=O) groups is 2. The van der Waals surface area contributed by atoms with Crippen LogP contribution in [0.3, 0.4) is 0 Å². The van der Waals surface area contributed by atoms with Gasteiger partial charge in [0.25, 0.3) is 5.91 Å². The van der Waals surface area contributed by atoms with Gasteiger partial charge in [0.15, 0.2) is 0 Å². The molecule has 1 spiro atoms. The van der Waals surface area contributed by atoms with Crippen LogP contribution in [0, 0.1) is 0 Å². The second-order valence-electron chi connectivity index (χ2n) is 8.53. The number of hydrogen-bond donors (Lipinski definition) is 1. The number of nitrogens with one attached hydrogen (secondary N) is 1. The van der Waals surface area contributed by atoms with E-state index in [9.17, 15) is 9.59 Å². The van der Waals surface area contributed by atoms with Gasteiger partial charge in [-0.15, -0.1) is 10.2 Å². The van der Waals surface area contributed by atoms with Crippen molar-refractivity contribution < 1.29 is 9.59 Å². The first-order valence-corrected chi connectivity index (χ1v) is 11.6. The highest BCUT2D eigenvalue weighted by molar-refractivity contribution is 7.13. The highest BCUT2D eigenvalue weighted by Gasteiger charge is 2.56. The highest BCUT2D eigenvalue weighted by atomic mass is 32.1. The van der Waals surface area contributed by atoms with Gasteiger partial charge in [-0.1, -0.05) is 61.6 Å². The van der Waals surface area contributed by atoms with Crippen molar-refractivity contribution in [1.29, 1.82) is 0 Å². The van der Waals surface area contributed by atoms with Gasteiger partial charge in [0, 0.05) is 11.6 Å². The summed E-state index contributed by atoms with van der Waals surface area (Å²) >= 11 is 1.32. The Morgan fingerprint density at radius 2 is 1.86 bits per heavy atom. The van der Waals surface area contributed by atoms with E-state index in [1.807, 2.05) is 24.3 Å². The van der Waals surface area contributed by atoms with Crippen LogP contribution < -0.4 is 5.32 Å². The number of aromatic nitrogens is 2. The molecular weight excluding hydrogens is 384 g/mol. The van der Waals surface area contributed by atoms with Crippen LogP contribution >= 0.6 is 11.3 Å². The van der Waals surface area contributed by atoms with E-state index in [0.717, 1.165) is 56.9 Å². The molecule has 1 N–H and O–H groups in total. The number of amides is 2. The molecule has 2 aromatic rings. The zero-order chi connectivity index (χ0) is 19.8. The summed E-state index contributed by atoms with van der Waals surface area (Å²) in [5.74, 6) is -0.317. The van der Waals surface area contributed by atoms with Gasteiger partial charge in [0.05, 0.1) is 11.5 Å². The molecule has 5 rings (SSSR count). The summed E-state index contributed by atoms with van der Waals surface area (Å²) < 4.78 is 0. The van der Waals surface area contributed by atoms with Gasteiger partial charge in [-0.05, 0) is 37.3 Å². The molecule has 1 aromatic heterocycles. The van der Waals surface area contributed by atoms with Crippen molar-refractivity contribution in [2.45, 2.75) is 75.3 Å². The van der Waals surface area contributed by atoms with Crippen molar-refractivity contribution in [3.63, 3.8) is 0 Å². The van der Waals surface area contributed by atoms with E-state index < -0.39 is 5.54 Å². The predicted octanol–water partition coefficient (Wildman–Crippen LogP) is 4.36. The normalized spacial score (nSPS) is 23.9. The van der Waals surface area contributed by atoms with Gasteiger partial charge in [-0.25, -0.2) is 0 Å². The third-order valence-electron chi connectivity index (χ3n) is 7.00. The fourth-order valence-corrected chi connectivity index (χ4v) is 6.33. The van der Waals surface area contributed by atoms with E-state index in [-0.39, 0.29) is 23.8 Å².